The van der Waals surface area contributed by atoms with Gasteiger partial charge >= 0.3 is 0 Å². The largest absolute Gasteiger partial charge is 0.204 e. The molecule has 3 rings (SSSR count). The lowest BCUT2D eigenvalue weighted by molar-refractivity contribution is 0.186. The van der Waals surface area contributed by atoms with E-state index in [9.17, 15) is 8.78 Å². The number of rotatable bonds is 8. The minimum Gasteiger partial charge on any atom is -0.204 e. The van der Waals surface area contributed by atoms with E-state index in [1.165, 1.54) is 69.5 Å². The van der Waals surface area contributed by atoms with Crippen molar-refractivity contribution in [3.8, 4) is 0 Å². The summed E-state index contributed by atoms with van der Waals surface area (Å²) >= 11 is 0. The van der Waals surface area contributed by atoms with Crippen LogP contribution in [0.2, 0.25) is 18.1 Å². The Labute approximate surface area is 166 Å². The summed E-state index contributed by atoms with van der Waals surface area (Å²) in [6, 6.07) is 9.07. The number of halogens is 2. The first kappa shape index (κ1) is 20.8. The van der Waals surface area contributed by atoms with Gasteiger partial charge < -0.3 is 0 Å². The fourth-order valence-corrected chi connectivity index (χ4v) is 8.99. The summed E-state index contributed by atoms with van der Waals surface area (Å²) in [6.07, 6.45) is 15.2. The third-order valence-electron chi connectivity index (χ3n) is 7.30. The van der Waals surface area contributed by atoms with E-state index >= 15 is 0 Å². The van der Waals surface area contributed by atoms with Crippen LogP contribution in [-0.4, -0.2) is 8.80 Å². The highest BCUT2D eigenvalue weighted by atomic mass is 28.3. The van der Waals surface area contributed by atoms with Gasteiger partial charge in [0.2, 0.25) is 0 Å². The van der Waals surface area contributed by atoms with Gasteiger partial charge in [-0.3, -0.25) is 0 Å². The summed E-state index contributed by atoms with van der Waals surface area (Å²) in [4.78, 5) is 0. The smallest absolute Gasteiger partial charge is 0.159 e. The summed E-state index contributed by atoms with van der Waals surface area (Å²) in [5, 5.41) is 0. The second-order valence-corrected chi connectivity index (χ2v) is 12.5. The SMILES string of the molecule is C=CCCC[SiH]1CCC(C2CCC(CCc3ccc(F)c(F)c3)CC2)CC1. The van der Waals surface area contributed by atoms with Gasteiger partial charge in [-0.25, -0.2) is 8.78 Å². The Morgan fingerprint density at radius 3 is 2.33 bits per heavy atom. The Hall–Kier alpha value is -0.963. The molecule has 1 aliphatic carbocycles. The van der Waals surface area contributed by atoms with Crippen LogP contribution in [0.1, 0.15) is 63.4 Å². The zero-order chi connectivity index (χ0) is 19.1. The number of hydrogen-bond donors (Lipinski definition) is 0. The van der Waals surface area contributed by atoms with Crippen molar-refractivity contribution in [3.63, 3.8) is 0 Å². The Balaban J connectivity index is 1.34. The second kappa shape index (κ2) is 10.5. The highest BCUT2D eigenvalue weighted by molar-refractivity contribution is 6.58. The van der Waals surface area contributed by atoms with Crippen molar-refractivity contribution >= 4 is 8.80 Å². The molecule has 0 spiro atoms. The van der Waals surface area contributed by atoms with E-state index in [1.54, 1.807) is 18.2 Å². The number of aryl methyl sites for hydroxylation is 1. The van der Waals surface area contributed by atoms with Crippen molar-refractivity contribution in [2.45, 2.75) is 82.3 Å². The molecule has 3 heteroatoms. The van der Waals surface area contributed by atoms with E-state index in [0.29, 0.717) is 0 Å². The maximum Gasteiger partial charge on any atom is 0.159 e. The van der Waals surface area contributed by atoms with Crippen LogP contribution >= 0.6 is 0 Å². The van der Waals surface area contributed by atoms with E-state index in [2.05, 4.69) is 12.7 Å². The molecule has 0 amide bonds. The number of allylic oxidation sites excluding steroid dienone is 1. The highest BCUT2D eigenvalue weighted by Gasteiger charge is 2.30. The molecule has 2 aliphatic rings. The predicted molar refractivity (Wildman–Crippen MR) is 114 cm³/mol. The number of hydrogen-bond acceptors (Lipinski definition) is 0. The molecule has 1 aliphatic heterocycles. The van der Waals surface area contributed by atoms with Crippen molar-refractivity contribution in [2.75, 3.05) is 0 Å². The minimum absolute atomic E-state index is 0.422. The number of benzene rings is 1. The Kier molecular flexibility index (Phi) is 8.11. The summed E-state index contributed by atoms with van der Waals surface area (Å²) in [5.41, 5.74) is 0.941. The van der Waals surface area contributed by atoms with Gasteiger partial charge in [-0.2, -0.15) is 0 Å². The lowest BCUT2D eigenvalue weighted by Crippen LogP contribution is -2.28. The maximum atomic E-state index is 13.3. The van der Waals surface area contributed by atoms with E-state index in [1.807, 2.05) is 0 Å². The molecule has 0 nitrogen and oxygen atoms in total. The molecule has 1 aromatic rings. The van der Waals surface area contributed by atoms with Crippen molar-refractivity contribution in [1.29, 1.82) is 0 Å². The molecule has 27 heavy (non-hydrogen) atoms. The Bertz CT molecular complexity index is 584. The van der Waals surface area contributed by atoms with E-state index in [0.717, 1.165) is 36.2 Å². The Morgan fingerprint density at radius 2 is 1.67 bits per heavy atom. The average molecular weight is 391 g/mol. The zero-order valence-electron chi connectivity index (χ0n) is 16.8. The molecule has 150 valence electrons. The van der Waals surface area contributed by atoms with Crippen LogP contribution in [0.15, 0.2) is 30.9 Å². The average Bonchev–Trinajstić information content (AvgIpc) is 2.70. The molecule has 0 atom stereocenters. The fourth-order valence-electron chi connectivity index (χ4n) is 5.51. The highest BCUT2D eigenvalue weighted by Crippen LogP contribution is 2.41. The van der Waals surface area contributed by atoms with E-state index in [-0.39, 0.29) is 0 Å². The van der Waals surface area contributed by atoms with Crippen LogP contribution in [0, 0.1) is 29.4 Å². The molecule has 0 radical (unpaired) electrons. The molecule has 1 saturated heterocycles. The molecule has 0 aromatic heterocycles. The van der Waals surface area contributed by atoms with Gasteiger partial charge in [0.15, 0.2) is 11.6 Å². The quantitative estimate of drug-likeness (QED) is 0.248. The van der Waals surface area contributed by atoms with Crippen LogP contribution < -0.4 is 0 Å². The summed E-state index contributed by atoms with van der Waals surface area (Å²) < 4.78 is 26.4. The molecular formula is C24H36F2Si. The zero-order valence-corrected chi connectivity index (χ0v) is 17.9. The molecule has 0 N–H and O–H groups in total. The van der Waals surface area contributed by atoms with Crippen LogP contribution in [0.4, 0.5) is 8.78 Å². The van der Waals surface area contributed by atoms with E-state index < -0.39 is 20.4 Å². The van der Waals surface area contributed by atoms with Crippen LogP contribution in [0.25, 0.3) is 0 Å². The van der Waals surface area contributed by atoms with Crippen molar-refractivity contribution < 1.29 is 8.78 Å². The normalized spacial score (nSPS) is 28.8. The fraction of sp³-hybridized carbons (Fsp3) is 0.667. The molecular weight excluding hydrogens is 354 g/mol. The minimum atomic E-state index is -0.738. The van der Waals surface area contributed by atoms with Crippen LogP contribution in [-0.2, 0) is 6.42 Å². The van der Waals surface area contributed by atoms with Crippen molar-refractivity contribution in [2.24, 2.45) is 17.8 Å². The monoisotopic (exact) mass is 390 g/mol. The first-order chi connectivity index (χ1) is 13.2. The van der Waals surface area contributed by atoms with Gasteiger partial charge in [-0.05, 0) is 67.6 Å². The van der Waals surface area contributed by atoms with Crippen LogP contribution in [0.5, 0.6) is 0 Å². The van der Waals surface area contributed by atoms with Gasteiger partial charge in [0, 0.05) is 8.80 Å². The van der Waals surface area contributed by atoms with Gasteiger partial charge in [0.05, 0.1) is 0 Å². The molecule has 1 saturated carbocycles. The van der Waals surface area contributed by atoms with Crippen LogP contribution in [0.3, 0.4) is 0 Å². The third-order valence-corrected chi connectivity index (χ3v) is 10.8. The number of unbranched alkanes of at least 4 members (excludes halogenated alkanes) is 1. The molecule has 1 heterocycles. The van der Waals surface area contributed by atoms with Gasteiger partial charge in [-0.15, -0.1) is 6.58 Å². The molecule has 2 fully saturated rings. The van der Waals surface area contributed by atoms with Crippen molar-refractivity contribution in [3.05, 3.63) is 48.1 Å². The summed E-state index contributed by atoms with van der Waals surface area (Å²) in [5.74, 6) is 1.30. The van der Waals surface area contributed by atoms with Gasteiger partial charge in [0.1, 0.15) is 0 Å². The molecule has 1 aromatic carbocycles. The van der Waals surface area contributed by atoms with Gasteiger partial charge in [-0.1, -0.05) is 62.4 Å². The standard InChI is InChI=1S/C24H36F2Si/c1-2-3-4-15-27-16-13-22(14-17-27)21-10-7-19(8-11-21)5-6-20-9-12-23(25)24(26)18-20/h2,9,12,18-19,21-22,27H,1,3-8,10-11,13-17H2. The maximum absolute atomic E-state index is 13.3. The van der Waals surface area contributed by atoms with Crippen molar-refractivity contribution in [1.82, 2.24) is 0 Å². The molecule has 0 unspecified atom stereocenters. The predicted octanol–water partition coefficient (Wildman–Crippen LogP) is 7.31. The lowest BCUT2D eigenvalue weighted by atomic mass is 9.73. The third kappa shape index (κ3) is 6.27. The summed E-state index contributed by atoms with van der Waals surface area (Å²) in [7, 11) is -0.422. The molecule has 0 bridgehead atoms. The second-order valence-electron chi connectivity index (χ2n) is 9.07. The van der Waals surface area contributed by atoms with Gasteiger partial charge in [0.25, 0.3) is 0 Å². The lowest BCUT2D eigenvalue weighted by Gasteiger charge is -2.37. The van der Waals surface area contributed by atoms with E-state index in [4.69, 9.17) is 0 Å². The topological polar surface area (TPSA) is 0 Å². The Morgan fingerprint density at radius 1 is 0.963 bits per heavy atom. The first-order valence-corrected chi connectivity index (χ1v) is 13.7. The first-order valence-electron chi connectivity index (χ1n) is 11.2. The summed E-state index contributed by atoms with van der Waals surface area (Å²) in [6.45, 7) is 3.84.